The highest BCUT2D eigenvalue weighted by molar-refractivity contribution is 7.89. The molecule has 0 bridgehead atoms. The first kappa shape index (κ1) is 39.2. The van der Waals surface area contributed by atoms with E-state index in [2.05, 4.69) is 27.4 Å². The number of hydrogen-bond acceptors (Lipinski definition) is 7. The number of rotatable bonds is 20. The molecule has 0 aliphatic heterocycles. The number of aliphatic hydroxyl groups excluding tert-OH is 2. The Morgan fingerprint density at radius 1 is 0.957 bits per heavy atom. The molecule has 1 aromatic rings. The first-order valence-corrected chi connectivity index (χ1v) is 18.1. The minimum absolute atomic E-state index is 0.0816. The SMILES string of the molecule is C#CC[C@H](NC(=O)[C@H](Cc1ccccc1)CS(=O)(=O)N(C)CCN(CC)CC)C(=O)N[C@@H](CC1CCCCC1)[C@@H](O)[C@@H](O)CC#C. The van der Waals surface area contributed by atoms with Crippen LogP contribution >= 0.6 is 0 Å². The van der Waals surface area contributed by atoms with Gasteiger partial charge in [0.25, 0.3) is 0 Å². The van der Waals surface area contributed by atoms with Crippen molar-refractivity contribution in [2.75, 3.05) is 39.0 Å². The molecule has 0 saturated heterocycles. The van der Waals surface area contributed by atoms with Crippen LogP contribution in [-0.2, 0) is 26.0 Å². The van der Waals surface area contributed by atoms with Crippen molar-refractivity contribution in [3.63, 3.8) is 0 Å². The number of carbonyl (C=O) groups is 2. The Kier molecular flexibility index (Phi) is 17.4. The number of carbonyl (C=O) groups excluding carboxylic acids is 2. The van der Waals surface area contributed by atoms with E-state index < -0.39 is 57.8 Å². The molecule has 2 amide bonds. The normalized spacial score (nSPS) is 17.3. The van der Waals surface area contributed by atoms with Crippen LogP contribution in [0.15, 0.2) is 30.3 Å². The van der Waals surface area contributed by atoms with Gasteiger partial charge in [-0.05, 0) is 37.4 Å². The van der Waals surface area contributed by atoms with E-state index in [1.54, 1.807) is 0 Å². The van der Waals surface area contributed by atoms with Gasteiger partial charge in [0.1, 0.15) is 12.1 Å². The van der Waals surface area contributed by atoms with Gasteiger partial charge in [-0.15, -0.1) is 24.7 Å². The second-order valence-corrected chi connectivity index (χ2v) is 14.4. The van der Waals surface area contributed by atoms with E-state index in [-0.39, 0.29) is 31.7 Å². The largest absolute Gasteiger partial charge is 0.389 e. The molecule has 1 saturated carbocycles. The predicted molar refractivity (Wildman–Crippen MR) is 182 cm³/mol. The van der Waals surface area contributed by atoms with Crippen molar-refractivity contribution in [2.24, 2.45) is 11.8 Å². The van der Waals surface area contributed by atoms with Crippen LogP contribution in [0.1, 0.15) is 70.8 Å². The van der Waals surface area contributed by atoms with E-state index in [4.69, 9.17) is 12.8 Å². The fraction of sp³-hybridized carbons (Fsp3) is 0.657. The first-order valence-electron chi connectivity index (χ1n) is 16.5. The second-order valence-electron chi connectivity index (χ2n) is 12.3. The van der Waals surface area contributed by atoms with Crippen LogP contribution in [0.5, 0.6) is 0 Å². The predicted octanol–water partition coefficient (Wildman–Crippen LogP) is 2.16. The molecule has 11 heteroatoms. The van der Waals surface area contributed by atoms with Crippen LogP contribution in [0.25, 0.3) is 0 Å². The highest BCUT2D eigenvalue weighted by Crippen LogP contribution is 2.28. The zero-order valence-electron chi connectivity index (χ0n) is 27.7. The van der Waals surface area contributed by atoms with Crippen LogP contribution in [-0.4, -0.2) is 103 Å². The summed E-state index contributed by atoms with van der Waals surface area (Å²) in [5.74, 6) is 2.35. The van der Waals surface area contributed by atoms with Crippen LogP contribution in [0.4, 0.5) is 0 Å². The molecule has 10 nitrogen and oxygen atoms in total. The van der Waals surface area contributed by atoms with E-state index >= 15 is 0 Å². The van der Waals surface area contributed by atoms with Gasteiger partial charge in [0.15, 0.2) is 0 Å². The van der Waals surface area contributed by atoms with Gasteiger partial charge in [0, 0.05) is 33.0 Å². The molecule has 0 radical (unpaired) electrons. The molecule has 1 aromatic carbocycles. The summed E-state index contributed by atoms with van der Waals surface area (Å²) in [5.41, 5.74) is 0.778. The summed E-state index contributed by atoms with van der Waals surface area (Å²) in [6, 6.07) is 7.12. The third-order valence-corrected chi connectivity index (χ3v) is 10.9. The van der Waals surface area contributed by atoms with Crippen molar-refractivity contribution in [1.29, 1.82) is 0 Å². The van der Waals surface area contributed by atoms with Gasteiger partial charge in [0.05, 0.1) is 23.8 Å². The fourth-order valence-corrected chi connectivity index (χ4v) is 7.34. The topological polar surface area (TPSA) is 139 Å². The fourth-order valence-electron chi connectivity index (χ4n) is 5.94. The van der Waals surface area contributed by atoms with Gasteiger partial charge in [-0.3, -0.25) is 9.59 Å². The monoisotopic (exact) mass is 658 g/mol. The number of hydrogen-bond donors (Lipinski definition) is 4. The quantitative estimate of drug-likeness (QED) is 0.158. The summed E-state index contributed by atoms with van der Waals surface area (Å²) in [4.78, 5) is 29.5. The zero-order valence-corrected chi connectivity index (χ0v) is 28.6. The second kappa shape index (κ2) is 20.3. The third kappa shape index (κ3) is 13.1. The maximum atomic E-state index is 13.8. The molecule has 2 rings (SSSR count). The standard InChI is InChI=1S/C35H54N4O6S/c1-6-16-30(35(43)37-31(33(41)32(40)17-7-2)25-28-20-14-11-15-21-28)36-34(42)29(24-27-18-12-10-13-19-27)26-46(44,45)38(5)22-23-39(8-3)9-4/h1-2,10,12-13,18-19,28-33,40-41H,8-9,11,14-17,20-26H2,3-5H3,(H,36,42)(H,37,43)/t29-,30+,31+,32+,33-/m1/s1. The number of terminal acetylenes is 2. The van der Waals surface area contributed by atoms with Crippen molar-refractivity contribution >= 4 is 21.8 Å². The molecular formula is C35H54N4O6S. The molecule has 0 heterocycles. The van der Waals surface area contributed by atoms with Gasteiger partial charge in [-0.2, -0.15) is 0 Å². The molecule has 0 aromatic heterocycles. The summed E-state index contributed by atoms with van der Waals surface area (Å²) in [5, 5.41) is 27.0. The van der Waals surface area contributed by atoms with Crippen LogP contribution in [0.2, 0.25) is 0 Å². The van der Waals surface area contributed by atoms with Gasteiger partial charge in [0.2, 0.25) is 21.8 Å². The van der Waals surface area contributed by atoms with Crippen LogP contribution < -0.4 is 10.6 Å². The molecule has 46 heavy (non-hydrogen) atoms. The minimum atomic E-state index is -3.84. The van der Waals surface area contributed by atoms with Crippen LogP contribution in [0, 0.1) is 36.5 Å². The number of benzene rings is 1. The zero-order chi connectivity index (χ0) is 34.1. The van der Waals surface area contributed by atoms with Crippen molar-refractivity contribution < 1.29 is 28.2 Å². The third-order valence-electron chi connectivity index (χ3n) is 8.94. The summed E-state index contributed by atoms with van der Waals surface area (Å²) in [7, 11) is -2.33. The Morgan fingerprint density at radius 3 is 2.17 bits per heavy atom. The van der Waals surface area contributed by atoms with Gasteiger partial charge in [-0.1, -0.05) is 76.3 Å². The first-order chi connectivity index (χ1) is 21.9. The minimum Gasteiger partial charge on any atom is -0.389 e. The number of likely N-dealkylation sites (N-methyl/N-ethyl adjacent to an activating group) is 2. The lowest BCUT2D eigenvalue weighted by atomic mass is 9.82. The molecule has 1 aliphatic rings. The number of aliphatic hydroxyl groups is 2. The average Bonchev–Trinajstić information content (AvgIpc) is 3.04. The summed E-state index contributed by atoms with van der Waals surface area (Å²) >= 11 is 0. The Hall–Kier alpha value is -2.93. The van der Waals surface area contributed by atoms with Crippen LogP contribution in [0.3, 0.4) is 0 Å². The van der Waals surface area contributed by atoms with Crippen molar-refractivity contribution in [2.45, 2.75) is 95.9 Å². The molecule has 4 N–H and O–H groups in total. The molecule has 5 atom stereocenters. The smallest absolute Gasteiger partial charge is 0.243 e. The van der Waals surface area contributed by atoms with Crippen molar-refractivity contribution in [1.82, 2.24) is 19.8 Å². The number of amides is 2. The Morgan fingerprint density at radius 2 is 1.59 bits per heavy atom. The highest BCUT2D eigenvalue weighted by Gasteiger charge is 2.34. The molecular weight excluding hydrogens is 604 g/mol. The average molecular weight is 659 g/mol. The van der Waals surface area contributed by atoms with E-state index in [0.29, 0.717) is 13.0 Å². The molecule has 256 valence electrons. The summed E-state index contributed by atoms with van der Waals surface area (Å²) in [6.07, 6.45) is 13.9. The number of sulfonamides is 1. The lowest BCUT2D eigenvalue weighted by molar-refractivity contribution is -0.132. The molecule has 1 aliphatic carbocycles. The van der Waals surface area contributed by atoms with E-state index in [1.165, 1.54) is 11.4 Å². The maximum Gasteiger partial charge on any atom is 0.243 e. The lowest BCUT2D eigenvalue weighted by Gasteiger charge is -2.33. The number of nitrogens with one attached hydrogen (secondary N) is 2. The highest BCUT2D eigenvalue weighted by atomic mass is 32.2. The van der Waals surface area contributed by atoms with Crippen molar-refractivity contribution in [3.05, 3.63) is 35.9 Å². The molecule has 1 fully saturated rings. The van der Waals surface area contributed by atoms with Crippen molar-refractivity contribution in [3.8, 4) is 24.7 Å². The number of nitrogens with zero attached hydrogens (tertiary/aromatic N) is 2. The summed E-state index contributed by atoms with van der Waals surface area (Å²) < 4.78 is 28.2. The molecule has 0 unspecified atom stereocenters. The summed E-state index contributed by atoms with van der Waals surface area (Å²) in [6.45, 7) is 6.46. The van der Waals surface area contributed by atoms with Gasteiger partial charge >= 0.3 is 0 Å². The lowest BCUT2D eigenvalue weighted by Crippen LogP contribution is -2.56. The van der Waals surface area contributed by atoms with E-state index in [0.717, 1.165) is 50.8 Å². The molecule has 0 spiro atoms. The Balaban J connectivity index is 2.26. The Bertz CT molecular complexity index is 1250. The van der Waals surface area contributed by atoms with Gasteiger partial charge < -0.3 is 25.7 Å². The van der Waals surface area contributed by atoms with E-state index in [1.807, 2.05) is 44.2 Å². The van der Waals surface area contributed by atoms with Gasteiger partial charge in [-0.25, -0.2) is 12.7 Å². The maximum absolute atomic E-state index is 13.8. The van der Waals surface area contributed by atoms with E-state index in [9.17, 15) is 28.2 Å². The Labute approximate surface area is 276 Å².